The molecule has 6 rings (SSSR count). The van der Waals surface area contributed by atoms with Crippen LogP contribution in [0.3, 0.4) is 0 Å². The topological polar surface area (TPSA) is 86.1 Å². The first-order valence-corrected chi connectivity index (χ1v) is 9.72. The summed E-state index contributed by atoms with van der Waals surface area (Å²) in [5, 5.41) is 2.91. The second kappa shape index (κ2) is 6.38. The summed E-state index contributed by atoms with van der Waals surface area (Å²) in [6, 6.07) is 12.1. The lowest BCUT2D eigenvalue weighted by Crippen LogP contribution is -2.50. The number of hydrogen-bond donors (Lipinski definition) is 1. The quantitative estimate of drug-likeness (QED) is 0.712. The smallest absolute Gasteiger partial charge is 0.299 e. The Bertz CT molecular complexity index is 1100. The SMILES string of the molecule is O=C(Nc1ccc2oc(N(C3CC3)C3COC3)nc2c1)c1ccc2c(c1)OCO2. The number of hydrogen-bond acceptors (Lipinski definition) is 7. The lowest BCUT2D eigenvalue weighted by molar-refractivity contribution is 0.00576. The van der Waals surface area contributed by atoms with Crippen LogP contribution in [-0.2, 0) is 4.74 Å². The number of nitrogens with zero attached hydrogens (tertiary/aromatic N) is 2. The molecule has 0 bridgehead atoms. The van der Waals surface area contributed by atoms with E-state index < -0.39 is 0 Å². The zero-order chi connectivity index (χ0) is 19.4. The van der Waals surface area contributed by atoms with Gasteiger partial charge >= 0.3 is 0 Å². The Labute approximate surface area is 166 Å². The molecule has 1 aromatic heterocycles. The van der Waals surface area contributed by atoms with Gasteiger partial charge in [-0.2, -0.15) is 4.98 Å². The molecule has 148 valence electrons. The van der Waals surface area contributed by atoms with Crippen LogP contribution in [0.1, 0.15) is 23.2 Å². The highest BCUT2D eigenvalue weighted by Crippen LogP contribution is 2.37. The van der Waals surface area contributed by atoms with Gasteiger partial charge in [0.2, 0.25) is 6.79 Å². The highest BCUT2D eigenvalue weighted by molar-refractivity contribution is 6.05. The van der Waals surface area contributed by atoms with Crippen LogP contribution in [0.25, 0.3) is 11.1 Å². The maximum atomic E-state index is 12.6. The summed E-state index contributed by atoms with van der Waals surface area (Å²) in [6.07, 6.45) is 2.32. The molecule has 29 heavy (non-hydrogen) atoms. The van der Waals surface area contributed by atoms with Gasteiger partial charge < -0.3 is 28.8 Å². The molecule has 8 nitrogen and oxygen atoms in total. The number of oxazole rings is 1. The van der Waals surface area contributed by atoms with E-state index in [1.165, 1.54) is 0 Å². The summed E-state index contributed by atoms with van der Waals surface area (Å²) in [5.41, 5.74) is 2.58. The van der Waals surface area contributed by atoms with E-state index in [0.29, 0.717) is 59.6 Å². The molecule has 2 aliphatic heterocycles. The standard InChI is InChI=1S/C21H19N3O5/c25-20(12-1-5-18-19(7-12)28-11-27-18)22-13-2-6-17-16(8-13)23-21(29-17)24(14-3-4-14)15-9-26-10-15/h1-2,5-8,14-15H,3-4,9-11H2,(H,22,25). The number of carbonyl (C=O) groups is 1. The van der Waals surface area contributed by atoms with Crippen molar-refractivity contribution < 1.29 is 23.4 Å². The molecule has 3 aromatic rings. The molecule has 1 aliphatic carbocycles. The van der Waals surface area contributed by atoms with Gasteiger partial charge in [0.05, 0.1) is 19.3 Å². The zero-order valence-corrected chi connectivity index (χ0v) is 15.6. The van der Waals surface area contributed by atoms with E-state index in [2.05, 4.69) is 15.2 Å². The molecular formula is C21H19N3O5. The van der Waals surface area contributed by atoms with Crippen molar-refractivity contribution in [1.82, 2.24) is 4.98 Å². The third-order valence-electron chi connectivity index (χ3n) is 5.44. The van der Waals surface area contributed by atoms with Crippen LogP contribution < -0.4 is 19.7 Å². The Hall–Kier alpha value is -3.26. The molecule has 0 atom stereocenters. The number of anilines is 2. The number of aromatic nitrogens is 1. The molecule has 2 fully saturated rings. The fourth-order valence-electron chi connectivity index (χ4n) is 3.69. The Morgan fingerprint density at radius 2 is 1.90 bits per heavy atom. The van der Waals surface area contributed by atoms with Gasteiger partial charge in [0.15, 0.2) is 17.1 Å². The van der Waals surface area contributed by atoms with Gasteiger partial charge in [-0.25, -0.2) is 0 Å². The molecule has 1 N–H and O–H groups in total. The maximum absolute atomic E-state index is 12.6. The lowest BCUT2D eigenvalue weighted by atomic mass is 10.2. The van der Waals surface area contributed by atoms with Crippen molar-refractivity contribution in [3.05, 3.63) is 42.0 Å². The predicted molar refractivity (Wildman–Crippen MR) is 105 cm³/mol. The molecule has 1 saturated heterocycles. The van der Waals surface area contributed by atoms with Crippen molar-refractivity contribution in [2.45, 2.75) is 24.9 Å². The van der Waals surface area contributed by atoms with E-state index in [9.17, 15) is 4.79 Å². The fraction of sp³-hybridized carbons (Fsp3) is 0.333. The molecule has 1 amide bonds. The lowest BCUT2D eigenvalue weighted by Gasteiger charge is -2.36. The Morgan fingerprint density at radius 3 is 2.69 bits per heavy atom. The normalized spacial score (nSPS) is 17.9. The first-order valence-electron chi connectivity index (χ1n) is 9.72. The van der Waals surface area contributed by atoms with Gasteiger partial charge in [0.1, 0.15) is 5.52 Å². The zero-order valence-electron chi connectivity index (χ0n) is 15.6. The number of rotatable bonds is 5. The van der Waals surface area contributed by atoms with Gasteiger partial charge in [0.25, 0.3) is 11.9 Å². The molecule has 0 spiro atoms. The summed E-state index contributed by atoms with van der Waals surface area (Å²) >= 11 is 0. The van der Waals surface area contributed by atoms with Crippen molar-refractivity contribution in [2.24, 2.45) is 0 Å². The summed E-state index contributed by atoms with van der Waals surface area (Å²) < 4.78 is 22.0. The summed E-state index contributed by atoms with van der Waals surface area (Å²) in [7, 11) is 0. The van der Waals surface area contributed by atoms with E-state index in [1.807, 2.05) is 18.2 Å². The van der Waals surface area contributed by atoms with Gasteiger partial charge in [-0.15, -0.1) is 0 Å². The molecule has 3 heterocycles. The number of benzene rings is 2. The molecule has 3 aliphatic rings. The van der Waals surface area contributed by atoms with Crippen LogP contribution in [-0.4, -0.2) is 43.0 Å². The van der Waals surface area contributed by atoms with Crippen LogP contribution >= 0.6 is 0 Å². The van der Waals surface area contributed by atoms with E-state index >= 15 is 0 Å². The Balaban J connectivity index is 1.24. The molecule has 2 aromatic carbocycles. The summed E-state index contributed by atoms with van der Waals surface area (Å²) in [4.78, 5) is 19.5. The largest absolute Gasteiger partial charge is 0.454 e. The van der Waals surface area contributed by atoms with Crippen molar-refractivity contribution >= 4 is 28.7 Å². The second-order valence-corrected chi connectivity index (χ2v) is 7.53. The first kappa shape index (κ1) is 16.7. The number of fused-ring (bicyclic) bond motifs is 2. The van der Waals surface area contributed by atoms with Crippen LogP contribution in [0.15, 0.2) is 40.8 Å². The molecular weight excluding hydrogens is 374 g/mol. The second-order valence-electron chi connectivity index (χ2n) is 7.53. The van der Waals surface area contributed by atoms with Crippen LogP contribution in [0, 0.1) is 0 Å². The maximum Gasteiger partial charge on any atom is 0.299 e. The number of nitrogens with one attached hydrogen (secondary N) is 1. The van der Waals surface area contributed by atoms with E-state index in [4.69, 9.17) is 18.6 Å². The van der Waals surface area contributed by atoms with Gasteiger partial charge in [-0.3, -0.25) is 4.79 Å². The highest BCUT2D eigenvalue weighted by Gasteiger charge is 2.40. The molecule has 1 saturated carbocycles. The summed E-state index contributed by atoms with van der Waals surface area (Å²) in [5.74, 6) is 1.00. The summed E-state index contributed by atoms with van der Waals surface area (Å²) in [6.45, 7) is 1.61. The minimum absolute atomic E-state index is 0.177. The van der Waals surface area contributed by atoms with E-state index in [1.54, 1.807) is 18.2 Å². The van der Waals surface area contributed by atoms with Crippen LogP contribution in [0.4, 0.5) is 11.7 Å². The average Bonchev–Trinajstić information content (AvgIpc) is 3.25. The molecule has 0 radical (unpaired) electrons. The Morgan fingerprint density at radius 1 is 1.03 bits per heavy atom. The molecule has 8 heteroatoms. The highest BCUT2D eigenvalue weighted by atomic mass is 16.7. The third kappa shape index (κ3) is 2.96. The number of amides is 1. The van der Waals surface area contributed by atoms with Crippen molar-refractivity contribution in [3.63, 3.8) is 0 Å². The predicted octanol–water partition coefficient (Wildman–Crippen LogP) is 3.18. The number of carbonyl (C=O) groups excluding carboxylic acids is 1. The van der Waals surface area contributed by atoms with Crippen LogP contribution in [0.2, 0.25) is 0 Å². The minimum atomic E-state index is -0.224. The van der Waals surface area contributed by atoms with Gasteiger partial charge in [-0.05, 0) is 49.2 Å². The third-order valence-corrected chi connectivity index (χ3v) is 5.44. The van der Waals surface area contributed by atoms with E-state index in [-0.39, 0.29) is 12.7 Å². The van der Waals surface area contributed by atoms with E-state index in [0.717, 1.165) is 18.4 Å². The van der Waals surface area contributed by atoms with Crippen molar-refractivity contribution in [2.75, 3.05) is 30.2 Å². The average molecular weight is 393 g/mol. The minimum Gasteiger partial charge on any atom is -0.454 e. The van der Waals surface area contributed by atoms with Crippen LogP contribution in [0.5, 0.6) is 11.5 Å². The fourth-order valence-corrected chi connectivity index (χ4v) is 3.69. The van der Waals surface area contributed by atoms with Crippen molar-refractivity contribution in [1.29, 1.82) is 0 Å². The molecule has 0 unspecified atom stereocenters. The number of ether oxygens (including phenoxy) is 3. The first-order chi connectivity index (χ1) is 14.2. The van der Waals surface area contributed by atoms with Gasteiger partial charge in [0, 0.05) is 17.3 Å². The van der Waals surface area contributed by atoms with Crippen molar-refractivity contribution in [3.8, 4) is 11.5 Å². The Kier molecular flexibility index (Phi) is 3.67. The van der Waals surface area contributed by atoms with Gasteiger partial charge in [-0.1, -0.05) is 0 Å². The monoisotopic (exact) mass is 393 g/mol.